The number of ether oxygens (including phenoxy) is 1. The summed E-state index contributed by atoms with van der Waals surface area (Å²) in [7, 11) is 0. The summed E-state index contributed by atoms with van der Waals surface area (Å²) in [6, 6.07) is 5.54. The molecule has 0 unspecified atom stereocenters. The number of hydrogen-bond acceptors (Lipinski definition) is 3. The molecule has 0 spiro atoms. The Balaban J connectivity index is 2.43. The molecule has 1 amide bonds. The molecule has 4 heteroatoms. The monoisotopic (exact) mass is 222 g/mol. The molecule has 0 saturated heterocycles. The first-order valence-corrected chi connectivity index (χ1v) is 5.66. The molecule has 1 aromatic rings. The number of unbranched alkanes of at least 4 members (excludes halogenated alkanes) is 1. The van der Waals surface area contributed by atoms with E-state index in [1.807, 2.05) is 26.0 Å². The zero-order valence-corrected chi connectivity index (χ0v) is 9.82. The number of rotatable bonds is 5. The topological polar surface area (TPSA) is 51.2 Å². The third kappa shape index (κ3) is 4.29. The lowest BCUT2D eigenvalue weighted by molar-refractivity contribution is 0.160. The van der Waals surface area contributed by atoms with Crippen LogP contribution in [0.2, 0.25) is 0 Å². The largest absolute Gasteiger partial charge is 0.449 e. The number of hydrogen-bond donors (Lipinski definition) is 1. The van der Waals surface area contributed by atoms with Crippen molar-refractivity contribution in [2.24, 2.45) is 0 Å². The summed E-state index contributed by atoms with van der Waals surface area (Å²) in [5.74, 6) is 0.542. The number of carbonyl (C=O) groups is 1. The summed E-state index contributed by atoms with van der Waals surface area (Å²) in [4.78, 5) is 15.6. The molecule has 1 rings (SSSR count). The van der Waals surface area contributed by atoms with Gasteiger partial charge in [0.05, 0.1) is 6.61 Å². The van der Waals surface area contributed by atoms with Gasteiger partial charge in [-0.3, -0.25) is 5.32 Å². The molecule has 0 aromatic carbocycles. The number of aromatic nitrogens is 1. The molecule has 1 heterocycles. The minimum Gasteiger partial charge on any atom is -0.449 e. The average Bonchev–Trinajstić information content (AvgIpc) is 2.29. The molecule has 88 valence electrons. The predicted octanol–water partition coefficient (Wildman–Crippen LogP) is 2.99. The van der Waals surface area contributed by atoms with E-state index >= 15 is 0 Å². The number of aryl methyl sites for hydroxylation is 1. The van der Waals surface area contributed by atoms with E-state index in [1.54, 1.807) is 6.07 Å². The highest BCUT2D eigenvalue weighted by Crippen LogP contribution is 2.05. The van der Waals surface area contributed by atoms with Crippen molar-refractivity contribution >= 4 is 11.9 Å². The van der Waals surface area contributed by atoms with Crippen molar-refractivity contribution in [3.8, 4) is 0 Å². The Morgan fingerprint density at radius 3 is 2.94 bits per heavy atom. The lowest BCUT2D eigenvalue weighted by atomic mass is 10.3. The van der Waals surface area contributed by atoms with E-state index in [0.29, 0.717) is 12.4 Å². The Hall–Kier alpha value is -1.58. The Morgan fingerprint density at radius 1 is 1.44 bits per heavy atom. The van der Waals surface area contributed by atoms with Gasteiger partial charge < -0.3 is 4.74 Å². The number of carbonyl (C=O) groups excluding carboxylic acids is 1. The molecule has 0 bridgehead atoms. The first-order chi connectivity index (χ1) is 7.76. The minimum absolute atomic E-state index is 0.436. The molecule has 0 radical (unpaired) electrons. The Bertz CT molecular complexity index is 340. The van der Waals surface area contributed by atoms with E-state index in [9.17, 15) is 4.79 Å². The van der Waals surface area contributed by atoms with Crippen LogP contribution >= 0.6 is 0 Å². The molecular formula is C12H18N2O2. The van der Waals surface area contributed by atoms with Crippen LogP contribution in [0.5, 0.6) is 0 Å². The van der Waals surface area contributed by atoms with Crippen LogP contribution in [0, 0.1) is 0 Å². The molecule has 0 aliphatic carbocycles. The highest BCUT2D eigenvalue weighted by atomic mass is 16.5. The Labute approximate surface area is 96.0 Å². The van der Waals surface area contributed by atoms with Gasteiger partial charge in [0.1, 0.15) is 5.82 Å². The van der Waals surface area contributed by atoms with Crippen LogP contribution in [0.15, 0.2) is 18.2 Å². The van der Waals surface area contributed by atoms with Crippen LogP contribution in [0.3, 0.4) is 0 Å². The number of amides is 1. The van der Waals surface area contributed by atoms with Crippen LogP contribution in [0.1, 0.15) is 32.4 Å². The quantitative estimate of drug-likeness (QED) is 0.779. The zero-order valence-electron chi connectivity index (χ0n) is 9.82. The standard InChI is InChI=1S/C12H18N2O2/c1-3-5-9-16-12(15)14-11-8-6-7-10(4-2)13-11/h6-8H,3-5,9H2,1-2H3,(H,13,14,15). The highest BCUT2D eigenvalue weighted by Gasteiger charge is 2.03. The normalized spacial score (nSPS) is 9.88. The first kappa shape index (κ1) is 12.5. The second-order valence-electron chi connectivity index (χ2n) is 3.48. The van der Waals surface area contributed by atoms with Gasteiger partial charge in [0.25, 0.3) is 0 Å². The molecule has 1 aromatic heterocycles. The van der Waals surface area contributed by atoms with E-state index in [0.717, 1.165) is 25.0 Å². The molecule has 1 N–H and O–H groups in total. The van der Waals surface area contributed by atoms with Gasteiger partial charge in [-0.2, -0.15) is 0 Å². The lowest BCUT2D eigenvalue weighted by Gasteiger charge is -2.06. The van der Waals surface area contributed by atoms with Crippen molar-refractivity contribution in [2.75, 3.05) is 11.9 Å². The summed E-state index contributed by atoms with van der Waals surface area (Å²) in [5, 5.41) is 2.60. The summed E-state index contributed by atoms with van der Waals surface area (Å²) in [5.41, 5.74) is 0.950. The fourth-order valence-corrected chi connectivity index (χ4v) is 1.20. The number of anilines is 1. The minimum atomic E-state index is -0.436. The maximum Gasteiger partial charge on any atom is 0.412 e. The zero-order chi connectivity index (χ0) is 11.8. The van der Waals surface area contributed by atoms with E-state index in [-0.39, 0.29) is 0 Å². The van der Waals surface area contributed by atoms with Gasteiger partial charge >= 0.3 is 6.09 Å². The molecule has 0 fully saturated rings. The SMILES string of the molecule is CCCCOC(=O)Nc1cccc(CC)n1. The van der Waals surface area contributed by atoms with Crippen molar-refractivity contribution in [1.29, 1.82) is 0 Å². The fourth-order valence-electron chi connectivity index (χ4n) is 1.20. The molecule has 0 aliphatic heterocycles. The second-order valence-corrected chi connectivity index (χ2v) is 3.48. The number of nitrogens with one attached hydrogen (secondary N) is 1. The van der Waals surface area contributed by atoms with Crippen molar-refractivity contribution in [3.05, 3.63) is 23.9 Å². The summed E-state index contributed by atoms with van der Waals surface area (Å²) in [6.45, 7) is 4.52. The van der Waals surface area contributed by atoms with E-state index < -0.39 is 6.09 Å². The van der Waals surface area contributed by atoms with Crippen LogP contribution in [-0.2, 0) is 11.2 Å². The maximum atomic E-state index is 11.3. The van der Waals surface area contributed by atoms with Crippen molar-refractivity contribution in [1.82, 2.24) is 4.98 Å². The van der Waals surface area contributed by atoms with Gasteiger partial charge in [0, 0.05) is 5.69 Å². The third-order valence-corrected chi connectivity index (χ3v) is 2.13. The van der Waals surface area contributed by atoms with Gasteiger partial charge in [-0.1, -0.05) is 26.3 Å². The maximum absolute atomic E-state index is 11.3. The fraction of sp³-hybridized carbons (Fsp3) is 0.500. The first-order valence-electron chi connectivity index (χ1n) is 5.66. The Morgan fingerprint density at radius 2 is 2.25 bits per heavy atom. The molecule has 0 aliphatic rings. The molecule has 0 saturated carbocycles. The average molecular weight is 222 g/mol. The van der Waals surface area contributed by atoms with Crippen LogP contribution in [0.4, 0.5) is 10.6 Å². The highest BCUT2D eigenvalue weighted by molar-refractivity contribution is 5.83. The molecule has 0 atom stereocenters. The van der Waals surface area contributed by atoms with E-state index in [2.05, 4.69) is 10.3 Å². The Kier molecular flexibility index (Phi) is 5.32. The number of nitrogens with zero attached hydrogens (tertiary/aromatic N) is 1. The second kappa shape index (κ2) is 6.82. The van der Waals surface area contributed by atoms with E-state index in [1.165, 1.54) is 0 Å². The number of pyridine rings is 1. The summed E-state index contributed by atoms with van der Waals surface area (Å²) in [6.07, 6.45) is 2.31. The van der Waals surface area contributed by atoms with Gasteiger partial charge in [0.15, 0.2) is 0 Å². The molecular weight excluding hydrogens is 204 g/mol. The van der Waals surface area contributed by atoms with E-state index in [4.69, 9.17) is 4.74 Å². The van der Waals surface area contributed by atoms with Crippen LogP contribution in [0.25, 0.3) is 0 Å². The third-order valence-electron chi connectivity index (χ3n) is 2.13. The van der Waals surface area contributed by atoms with Crippen molar-refractivity contribution in [3.63, 3.8) is 0 Å². The van der Waals surface area contributed by atoms with Gasteiger partial charge in [-0.05, 0) is 25.0 Å². The smallest absolute Gasteiger partial charge is 0.412 e. The van der Waals surface area contributed by atoms with Crippen LogP contribution < -0.4 is 5.32 Å². The predicted molar refractivity (Wildman–Crippen MR) is 63.5 cm³/mol. The van der Waals surface area contributed by atoms with Crippen molar-refractivity contribution < 1.29 is 9.53 Å². The van der Waals surface area contributed by atoms with Gasteiger partial charge in [-0.15, -0.1) is 0 Å². The van der Waals surface area contributed by atoms with Crippen molar-refractivity contribution in [2.45, 2.75) is 33.1 Å². The summed E-state index contributed by atoms with van der Waals surface area (Å²) >= 11 is 0. The van der Waals surface area contributed by atoms with Gasteiger partial charge in [0.2, 0.25) is 0 Å². The summed E-state index contributed by atoms with van der Waals surface area (Å²) < 4.78 is 4.97. The molecule has 16 heavy (non-hydrogen) atoms. The molecule has 4 nitrogen and oxygen atoms in total. The van der Waals surface area contributed by atoms with Gasteiger partial charge in [-0.25, -0.2) is 9.78 Å². The van der Waals surface area contributed by atoms with Crippen LogP contribution in [-0.4, -0.2) is 17.7 Å². The lowest BCUT2D eigenvalue weighted by Crippen LogP contribution is -2.15.